The predicted molar refractivity (Wildman–Crippen MR) is 203 cm³/mol. The average Bonchev–Trinajstić information content (AvgIpc) is 3.87. The molecular weight excluding hydrogens is 706 g/mol. The third kappa shape index (κ3) is 11.6. The summed E-state index contributed by atoms with van der Waals surface area (Å²) in [5, 5.41) is 56.5. The predicted octanol–water partition coefficient (Wildman–Crippen LogP) is 7.22. The maximum Gasteiger partial charge on any atom is 0.336 e. The van der Waals surface area contributed by atoms with E-state index in [-0.39, 0.29) is 17.3 Å². The van der Waals surface area contributed by atoms with Crippen molar-refractivity contribution in [2.75, 3.05) is 12.4 Å². The number of carboxylic acids is 3. The van der Waals surface area contributed by atoms with Crippen molar-refractivity contribution in [1.29, 1.82) is 0 Å². The van der Waals surface area contributed by atoms with Gasteiger partial charge in [0.05, 0.1) is 29.7 Å². The number of carbonyl (C=O) groups is 3. The number of rotatable bonds is 16. The van der Waals surface area contributed by atoms with Crippen LogP contribution in [0.15, 0.2) is 78.9 Å². The second-order valence-corrected chi connectivity index (χ2v) is 15.4. The lowest BCUT2D eigenvalue weighted by molar-refractivity contribution is -0.170. The summed E-state index contributed by atoms with van der Waals surface area (Å²) in [5.41, 5.74) is 2.86. The summed E-state index contributed by atoms with van der Waals surface area (Å²) in [5.74, 6) is -4.06. The lowest BCUT2D eigenvalue weighted by atomic mass is 9.90. The molecule has 1 aliphatic rings. The van der Waals surface area contributed by atoms with Gasteiger partial charge in [-0.3, -0.25) is 9.59 Å². The van der Waals surface area contributed by atoms with Crippen molar-refractivity contribution in [2.24, 2.45) is 5.41 Å². The van der Waals surface area contributed by atoms with Crippen LogP contribution < -0.4 is 0 Å². The molecule has 3 aromatic carbocycles. The number of aryl methyl sites for hydroxylation is 1. The number of pyridine rings is 1. The van der Waals surface area contributed by atoms with Gasteiger partial charge in [-0.25, -0.2) is 9.78 Å². The molecule has 1 aliphatic carbocycles. The van der Waals surface area contributed by atoms with Crippen LogP contribution >= 0.6 is 23.4 Å². The monoisotopic (exact) mass is 749 g/mol. The van der Waals surface area contributed by atoms with Crippen LogP contribution in [0.3, 0.4) is 0 Å². The molecule has 1 fully saturated rings. The number of thioether (sulfide) groups is 1. The van der Waals surface area contributed by atoms with Gasteiger partial charge in [0.2, 0.25) is 0 Å². The van der Waals surface area contributed by atoms with Crippen molar-refractivity contribution >= 4 is 64.3 Å². The maximum atomic E-state index is 10.7. The summed E-state index contributed by atoms with van der Waals surface area (Å²) in [4.78, 5) is 35.2. The number of aliphatic carboxylic acids is 3. The Hall–Kier alpha value is -4.26. The minimum absolute atomic E-state index is 0.0933. The van der Waals surface area contributed by atoms with Gasteiger partial charge in [0, 0.05) is 33.4 Å². The largest absolute Gasteiger partial charge is 0.481 e. The summed E-state index contributed by atoms with van der Waals surface area (Å²) in [6, 6.07) is 26.8. The van der Waals surface area contributed by atoms with E-state index in [9.17, 15) is 24.6 Å². The third-order valence-corrected chi connectivity index (χ3v) is 10.9. The number of aliphatic hydroxyl groups is 3. The molecule has 4 aromatic rings. The van der Waals surface area contributed by atoms with Crippen LogP contribution in [-0.2, 0) is 26.4 Å². The first-order valence-corrected chi connectivity index (χ1v) is 18.2. The fraction of sp³-hybridized carbons (Fsp3) is 0.350. The van der Waals surface area contributed by atoms with Crippen molar-refractivity contribution in [3.8, 4) is 0 Å². The van der Waals surface area contributed by atoms with E-state index >= 15 is 0 Å². The van der Waals surface area contributed by atoms with Gasteiger partial charge in [0.15, 0.2) is 5.60 Å². The Balaban J connectivity index is 0.000000398. The van der Waals surface area contributed by atoms with Gasteiger partial charge in [-0.1, -0.05) is 78.3 Å². The van der Waals surface area contributed by atoms with Gasteiger partial charge in [-0.05, 0) is 86.1 Å². The van der Waals surface area contributed by atoms with E-state index in [1.54, 1.807) is 0 Å². The molecule has 10 nitrogen and oxygen atoms in total. The molecule has 1 heterocycles. The number of benzene rings is 3. The second kappa shape index (κ2) is 17.5. The van der Waals surface area contributed by atoms with Crippen LogP contribution in [0.25, 0.3) is 23.1 Å². The van der Waals surface area contributed by atoms with Crippen molar-refractivity contribution in [3.05, 3.63) is 112 Å². The van der Waals surface area contributed by atoms with E-state index in [4.69, 9.17) is 37.0 Å². The fourth-order valence-corrected chi connectivity index (χ4v) is 7.45. The summed E-state index contributed by atoms with van der Waals surface area (Å²) in [6.07, 6.45) is 5.93. The lowest BCUT2D eigenvalue weighted by Crippen LogP contribution is -2.42. The van der Waals surface area contributed by atoms with Crippen molar-refractivity contribution in [3.63, 3.8) is 0 Å². The minimum Gasteiger partial charge on any atom is -0.481 e. The van der Waals surface area contributed by atoms with E-state index in [1.165, 1.54) is 11.1 Å². The minimum atomic E-state index is -2.74. The van der Waals surface area contributed by atoms with E-state index in [1.807, 2.05) is 68.1 Å². The number of halogens is 1. The lowest BCUT2D eigenvalue weighted by Gasteiger charge is -2.24. The Labute approximate surface area is 311 Å². The van der Waals surface area contributed by atoms with Crippen LogP contribution in [0.1, 0.15) is 79.1 Å². The maximum absolute atomic E-state index is 10.7. The molecule has 0 radical (unpaired) electrons. The summed E-state index contributed by atoms with van der Waals surface area (Å²) in [6.45, 7) is 3.97. The number of fused-ring (bicyclic) bond motifs is 1. The molecule has 0 aliphatic heterocycles. The van der Waals surface area contributed by atoms with Crippen LogP contribution in [0.2, 0.25) is 5.02 Å². The van der Waals surface area contributed by atoms with Crippen LogP contribution in [0.4, 0.5) is 0 Å². The molecule has 0 saturated heterocycles. The molecule has 0 spiro atoms. The smallest absolute Gasteiger partial charge is 0.336 e. The van der Waals surface area contributed by atoms with Crippen LogP contribution in [0, 0.1) is 5.41 Å². The molecule has 1 aromatic heterocycles. The number of hydrogen-bond acceptors (Lipinski definition) is 8. The molecule has 6 N–H and O–H groups in total. The zero-order valence-electron chi connectivity index (χ0n) is 29.0. The fourth-order valence-electron chi connectivity index (χ4n) is 5.73. The van der Waals surface area contributed by atoms with Gasteiger partial charge in [0.25, 0.3) is 0 Å². The van der Waals surface area contributed by atoms with E-state index in [0.717, 1.165) is 59.2 Å². The number of hydrogen-bond donors (Lipinski definition) is 6. The highest BCUT2D eigenvalue weighted by molar-refractivity contribution is 7.99. The second-order valence-electron chi connectivity index (χ2n) is 13.8. The van der Waals surface area contributed by atoms with Crippen molar-refractivity contribution < 1.29 is 45.0 Å². The van der Waals surface area contributed by atoms with Crippen molar-refractivity contribution in [2.45, 2.75) is 68.8 Å². The van der Waals surface area contributed by atoms with Gasteiger partial charge in [-0.2, -0.15) is 11.8 Å². The molecule has 0 amide bonds. The normalized spacial score (nSPS) is 14.4. The first kappa shape index (κ1) is 40.5. The zero-order chi connectivity index (χ0) is 38.1. The van der Waals surface area contributed by atoms with E-state index in [2.05, 4.69) is 48.5 Å². The Morgan fingerprint density at radius 3 is 2.19 bits per heavy atom. The zero-order valence-corrected chi connectivity index (χ0v) is 30.6. The van der Waals surface area contributed by atoms with Gasteiger partial charge in [-0.15, -0.1) is 0 Å². The summed E-state index contributed by atoms with van der Waals surface area (Å²) in [7, 11) is 0. The number of aliphatic hydroxyl groups excluding tert-OH is 1. The molecule has 12 heteroatoms. The molecule has 5 rings (SSSR count). The molecule has 52 heavy (non-hydrogen) atoms. The van der Waals surface area contributed by atoms with Crippen molar-refractivity contribution in [1.82, 2.24) is 4.98 Å². The Kier molecular flexibility index (Phi) is 13.6. The summed E-state index contributed by atoms with van der Waals surface area (Å²) < 4.78 is 0. The molecule has 0 bridgehead atoms. The van der Waals surface area contributed by atoms with Gasteiger partial charge >= 0.3 is 17.9 Å². The molecular formula is C40H44ClNO9S. The number of aromatic nitrogens is 1. The average molecular weight is 750 g/mol. The highest BCUT2D eigenvalue weighted by atomic mass is 35.5. The van der Waals surface area contributed by atoms with Crippen LogP contribution in [-0.4, -0.2) is 71.5 Å². The van der Waals surface area contributed by atoms with Gasteiger partial charge < -0.3 is 30.6 Å². The summed E-state index contributed by atoms with van der Waals surface area (Å²) >= 11 is 8.12. The van der Waals surface area contributed by atoms with E-state index < -0.39 is 42.0 Å². The first-order chi connectivity index (χ1) is 24.5. The first-order valence-electron chi connectivity index (χ1n) is 16.8. The third-order valence-electron chi connectivity index (χ3n) is 8.93. The molecule has 276 valence electrons. The highest BCUT2D eigenvalue weighted by Gasteiger charge is 2.42. The number of nitrogens with zero attached hydrogens (tertiary/aromatic N) is 1. The molecule has 1 atom stereocenters. The standard InChI is InChI=1S/C34H36ClNO2S.C6H8O7/c1-33(2,38)30-9-4-3-7-25(30)13-17-32(39-23-34(22-37)18-19-34)27-8-5-6-24(20-27)10-15-29-16-12-26-11-14-28(35)21-31(26)36-29;7-3(8)1-6(13,5(11)12)2-4(9)10/h3-12,14-16,20-21,32,37-38H,13,17-19,22-23H2,1-2H3;13H,1-2H2,(H,7,8)(H,9,10)(H,11,12)/t32-;/m1./s1. The quantitative estimate of drug-likeness (QED) is 0.0680. The van der Waals surface area contributed by atoms with Crippen LogP contribution in [0.5, 0.6) is 0 Å². The Bertz CT molecular complexity index is 1900. The van der Waals surface area contributed by atoms with Gasteiger partial charge in [0.1, 0.15) is 0 Å². The highest BCUT2D eigenvalue weighted by Crippen LogP contribution is 2.50. The Morgan fingerprint density at radius 2 is 1.58 bits per heavy atom. The SMILES string of the molecule is CC(C)(O)c1ccccc1CC[C@@H](SCC1(CO)CC1)c1cccc(C=Cc2ccc3ccc(Cl)cc3n2)c1.O=C(O)CC(O)(CC(=O)O)C(=O)O. The molecule has 1 saturated carbocycles. The number of carboxylic acid groups (broad SMARTS) is 3. The molecule has 0 unspecified atom stereocenters. The topological polar surface area (TPSA) is 185 Å². The van der Waals surface area contributed by atoms with E-state index in [0.29, 0.717) is 5.02 Å². The Morgan fingerprint density at radius 1 is 0.904 bits per heavy atom.